The van der Waals surface area contributed by atoms with Crippen LogP contribution in [0.25, 0.3) is 22.3 Å². The minimum absolute atomic E-state index is 0.349. The van der Waals surface area contributed by atoms with Gasteiger partial charge >= 0.3 is 0 Å². The monoisotopic (exact) mass is 307 g/mol. The highest BCUT2D eigenvalue weighted by molar-refractivity contribution is 5.90. The summed E-state index contributed by atoms with van der Waals surface area (Å²) in [5.41, 5.74) is 1.77. The average molecular weight is 307 g/mol. The van der Waals surface area contributed by atoms with Crippen LogP contribution in [0.3, 0.4) is 0 Å². The van der Waals surface area contributed by atoms with E-state index in [1.54, 1.807) is 31.9 Å². The Morgan fingerprint density at radius 2 is 1.83 bits per heavy atom. The van der Waals surface area contributed by atoms with Crippen LogP contribution in [0.1, 0.15) is 12.8 Å². The van der Waals surface area contributed by atoms with Crippen molar-refractivity contribution in [3.8, 4) is 11.4 Å². The van der Waals surface area contributed by atoms with Crippen LogP contribution in [0.5, 0.6) is 0 Å². The summed E-state index contributed by atoms with van der Waals surface area (Å²) in [6.45, 7) is 0. The van der Waals surface area contributed by atoms with Crippen molar-refractivity contribution >= 4 is 16.7 Å². The maximum absolute atomic E-state index is 5.34. The van der Waals surface area contributed by atoms with E-state index in [0.717, 1.165) is 35.1 Å². The highest BCUT2D eigenvalue weighted by Gasteiger charge is 2.29. The van der Waals surface area contributed by atoms with Gasteiger partial charge in [0, 0.05) is 42.7 Å². The van der Waals surface area contributed by atoms with Gasteiger partial charge in [0.1, 0.15) is 5.82 Å². The molecule has 1 saturated carbocycles. The fourth-order valence-electron chi connectivity index (χ4n) is 2.79. The van der Waals surface area contributed by atoms with E-state index in [2.05, 4.69) is 20.3 Å². The molecule has 3 heterocycles. The third-order valence-electron chi connectivity index (χ3n) is 4.21. The molecule has 4 rings (SSSR count). The highest BCUT2D eigenvalue weighted by Crippen LogP contribution is 2.29. The van der Waals surface area contributed by atoms with Crippen molar-refractivity contribution in [1.82, 2.24) is 19.9 Å². The van der Waals surface area contributed by atoms with Gasteiger partial charge in [-0.2, -0.15) is 0 Å². The number of hydrogen-bond donors (Lipinski definition) is 1. The van der Waals surface area contributed by atoms with Gasteiger partial charge in [-0.05, 0) is 31.0 Å². The lowest BCUT2D eigenvalue weighted by atomic mass is 9.89. The Bertz CT molecular complexity index is 818. The zero-order valence-electron chi connectivity index (χ0n) is 12.8. The molecule has 1 aliphatic carbocycles. The topological polar surface area (TPSA) is 72.8 Å². The normalized spacial score (nSPS) is 20.2. The molecule has 0 radical (unpaired) electrons. The second kappa shape index (κ2) is 5.89. The predicted molar refractivity (Wildman–Crippen MR) is 88.0 cm³/mol. The van der Waals surface area contributed by atoms with E-state index in [1.807, 2.05) is 18.2 Å². The molecule has 1 aliphatic rings. The lowest BCUT2D eigenvalue weighted by Crippen LogP contribution is -2.40. The molecule has 3 aromatic rings. The molecular weight excluding hydrogens is 290 g/mol. The Kier molecular flexibility index (Phi) is 3.59. The second-order valence-electron chi connectivity index (χ2n) is 5.69. The van der Waals surface area contributed by atoms with Gasteiger partial charge in [-0.1, -0.05) is 0 Å². The maximum atomic E-state index is 5.34. The molecular formula is C17H17N5O. The van der Waals surface area contributed by atoms with Crippen molar-refractivity contribution in [2.24, 2.45) is 0 Å². The average Bonchev–Trinajstić information content (AvgIpc) is 2.58. The zero-order valence-corrected chi connectivity index (χ0v) is 12.8. The van der Waals surface area contributed by atoms with Crippen molar-refractivity contribution < 1.29 is 4.74 Å². The number of aromatic nitrogens is 4. The summed E-state index contributed by atoms with van der Waals surface area (Å²) in [5.74, 6) is 1.53. The van der Waals surface area contributed by atoms with Gasteiger partial charge < -0.3 is 10.1 Å². The Hall–Kier alpha value is -2.60. The quantitative estimate of drug-likeness (QED) is 0.799. The van der Waals surface area contributed by atoms with Crippen LogP contribution in [0.4, 0.5) is 5.82 Å². The van der Waals surface area contributed by atoms with Crippen LogP contribution in [-0.2, 0) is 4.74 Å². The van der Waals surface area contributed by atoms with Gasteiger partial charge in [-0.3, -0.25) is 9.97 Å². The van der Waals surface area contributed by atoms with Crippen molar-refractivity contribution in [1.29, 1.82) is 0 Å². The maximum Gasteiger partial charge on any atom is 0.162 e. The number of nitrogens with one attached hydrogen (secondary N) is 1. The zero-order chi connectivity index (χ0) is 15.6. The van der Waals surface area contributed by atoms with Gasteiger partial charge in [0.05, 0.1) is 17.8 Å². The molecule has 0 bridgehead atoms. The molecule has 3 aromatic heterocycles. The van der Waals surface area contributed by atoms with Gasteiger partial charge in [-0.15, -0.1) is 0 Å². The predicted octanol–water partition coefficient (Wildman–Crippen LogP) is 2.68. The van der Waals surface area contributed by atoms with Gasteiger partial charge in [0.25, 0.3) is 0 Å². The summed E-state index contributed by atoms with van der Waals surface area (Å²) in [7, 11) is 1.76. The van der Waals surface area contributed by atoms with E-state index in [1.165, 1.54) is 0 Å². The fraction of sp³-hybridized carbons (Fsp3) is 0.294. The molecule has 6 heteroatoms. The number of ether oxygens (including phenoxy) is 1. The van der Waals surface area contributed by atoms with Crippen LogP contribution < -0.4 is 5.32 Å². The molecule has 1 fully saturated rings. The largest absolute Gasteiger partial charge is 0.381 e. The molecule has 0 saturated heterocycles. The van der Waals surface area contributed by atoms with Crippen molar-refractivity contribution in [2.75, 3.05) is 12.4 Å². The van der Waals surface area contributed by atoms with Gasteiger partial charge in [0.15, 0.2) is 5.82 Å². The summed E-state index contributed by atoms with van der Waals surface area (Å²) < 4.78 is 5.34. The van der Waals surface area contributed by atoms with Crippen LogP contribution >= 0.6 is 0 Å². The number of nitrogens with zero attached hydrogens (tertiary/aromatic N) is 4. The number of fused-ring (bicyclic) bond motifs is 1. The molecule has 116 valence electrons. The Morgan fingerprint density at radius 1 is 1.04 bits per heavy atom. The molecule has 23 heavy (non-hydrogen) atoms. The Balaban J connectivity index is 1.73. The minimum Gasteiger partial charge on any atom is -0.381 e. The lowest BCUT2D eigenvalue weighted by Gasteiger charge is -2.35. The summed E-state index contributed by atoms with van der Waals surface area (Å²) in [5, 5.41) is 4.51. The lowest BCUT2D eigenvalue weighted by molar-refractivity contribution is 0.0328. The summed E-state index contributed by atoms with van der Waals surface area (Å²) >= 11 is 0. The molecule has 0 spiro atoms. The van der Waals surface area contributed by atoms with E-state index in [9.17, 15) is 0 Å². The number of anilines is 1. The highest BCUT2D eigenvalue weighted by atomic mass is 16.5. The van der Waals surface area contributed by atoms with E-state index in [0.29, 0.717) is 18.0 Å². The van der Waals surface area contributed by atoms with E-state index < -0.39 is 0 Å². The first-order chi connectivity index (χ1) is 11.3. The first-order valence-corrected chi connectivity index (χ1v) is 7.65. The third-order valence-corrected chi connectivity index (χ3v) is 4.21. The van der Waals surface area contributed by atoms with Crippen LogP contribution in [0.15, 0.2) is 43.0 Å². The van der Waals surface area contributed by atoms with Crippen LogP contribution in [-0.4, -0.2) is 39.2 Å². The standard InChI is InChI=1S/C17H17N5O/c1-23-13-8-12(9-13)20-17-14-4-7-19-10-15(14)21-16(22-17)11-2-5-18-6-3-11/h2-7,10,12-13H,8-9H2,1H3,(H,20,21,22). The first kappa shape index (κ1) is 14.0. The Morgan fingerprint density at radius 3 is 2.61 bits per heavy atom. The summed E-state index contributed by atoms with van der Waals surface area (Å²) in [4.78, 5) is 17.6. The molecule has 6 nitrogen and oxygen atoms in total. The van der Waals surface area contributed by atoms with Gasteiger partial charge in [-0.25, -0.2) is 9.97 Å². The van der Waals surface area contributed by atoms with Crippen molar-refractivity contribution in [2.45, 2.75) is 25.0 Å². The number of rotatable bonds is 4. The van der Waals surface area contributed by atoms with E-state index in [-0.39, 0.29) is 0 Å². The van der Waals surface area contributed by atoms with Gasteiger partial charge in [0.2, 0.25) is 0 Å². The summed E-state index contributed by atoms with van der Waals surface area (Å²) in [6.07, 6.45) is 9.37. The number of methoxy groups -OCH3 is 1. The van der Waals surface area contributed by atoms with Crippen molar-refractivity contribution in [3.05, 3.63) is 43.0 Å². The molecule has 0 aliphatic heterocycles. The molecule has 1 N–H and O–H groups in total. The second-order valence-corrected chi connectivity index (χ2v) is 5.69. The van der Waals surface area contributed by atoms with E-state index in [4.69, 9.17) is 9.72 Å². The SMILES string of the molecule is COC1CC(Nc2nc(-c3ccncc3)nc3cnccc23)C1. The number of pyridine rings is 2. The first-order valence-electron chi connectivity index (χ1n) is 7.65. The molecule has 0 aromatic carbocycles. The molecule has 0 amide bonds. The van der Waals surface area contributed by atoms with E-state index >= 15 is 0 Å². The number of hydrogen-bond acceptors (Lipinski definition) is 6. The fourth-order valence-corrected chi connectivity index (χ4v) is 2.79. The summed E-state index contributed by atoms with van der Waals surface area (Å²) in [6, 6.07) is 6.15. The van der Waals surface area contributed by atoms with Crippen molar-refractivity contribution in [3.63, 3.8) is 0 Å². The van der Waals surface area contributed by atoms with Crippen LogP contribution in [0.2, 0.25) is 0 Å². The Labute approximate surface area is 134 Å². The minimum atomic E-state index is 0.349. The molecule has 0 unspecified atom stereocenters. The molecule has 0 atom stereocenters. The smallest absolute Gasteiger partial charge is 0.162 e. The third kappa shape index (κ3) is 2.73. The van der Waals surface area contributed by atoms with Crippen LogP contribution in [0, 0.1) is 0 Å².